The van der Waals surface area contributed by atoms with Gasteiger partial charge in [0, 0.05) is 64.5 Å². The van der Waals surface area contributed by atoms with Crippen molar-refractivity contribution in [3.05, 3.63) is 181 Å². The van der Waals surface area contributed by atoms with Crippen LogP contribution in [0.3, 0.4) is 0 Å². The average molecular weight is 722 g/mol. The molecule has 7 aromatic rings. The normalized spacial score (nSPS) is 18.3. The number of pyridine rings is 1. The van der Waals surface area contributed by atoms with E-state index >= 15 is 0 Å². The Hall–Kier alpha value is -6.85. The topological polar surface area (TPSA) is 45.8 Å². The van der Waals surface area contributed by atoms with E-state index in [4.69, 9.17) is 4.98 Å². The molecule has 4 aliphatic rings. The summed E-state index contributed by atoms with van der Waals surface area (Å²) in [6.07, 6.45) is 20.1. The van der Waals surface area contributed by atoms with Crippen molar-refractivity contribution < 1.29 is 0 Å². The van der Waals surface area contributed by atoms with Gasteiger partial charge in [-0.15, -0.1) is 0 Å². The summed E-state index contributed by atoms with van der Waals surface area (Å²) in [4.78, 5) is 16.7. The molecule has 0 bridgehead atoms. The molecule has 5 aromatic carbocycles. The second-order valence-corrected chi connectivity index (χ2v) is 15.0. The Labute approximate surface area is 326 Å². The number of allylic oxidation sites excluding steroid dienone is 4. The van der Waals surface area contributed by atoms with Crippen LogP contribution >= 0.6 is 0 Å². The molecule has 0 spiro atoms. The van der Waals surface area contributed by atoms with Gasteiger partial charge in [-0.1, -0.05) is 109 Å². The monoisotopic (exact) mass is 721 g/mol. The van der Waals surface area contributed by atoms with Crippen LogP contribution in [-0.4, -0.2) is 34.6 Å². The maximum absolute atomic E-state index is 5.12. The lowest BCUT2D eigenvalue weighted by atomic mass is 9.91. The Morgan fingerprint density at radius 2 is 1.30 bits per heavy atom. The van der Waals surface area contributed by atoms with Crippen LogP contribution in [-0.2, 0) is 0 Å². The zero-order valence-corrected chi connectivity index (χ0v) is 31.0. The number of hydrogen-bond donors (Lipinski definition) is 0. The van der Waals surface area contributed by atoms with Gasteiger partial charge in [0.05, 0.1) is 28.5 Å². The fourth-order valence-electron chi connectivity index (χ4n) is 9.06. The van der Waals surface area contributed by atoms with E-state index in [1.165, 1.54) is 55.4 Å². The number of nitrogens with zero attached hydrogens (tertiary/aromatic N) is 5. The third-order valence-electron chi connectivity index (χ3n) is 11.7. The maximum Gasteiger partial charge on any atom is 0.0727 e. The third-order valence-corrected chi connectivity index (χ3v) is 11.7. The Morgan fingerprint density at radius 1 is 0.607 bits per heavy atom. The second kappa shape index (κ2) is 13.5. The summed E-state index contributed by atoms with van der Waals surface area (Å²) in [5.41, 5.74) is 16.2. The summed E-state index contributed by atoms with van der Waals surface area (Å²) in [5, 5.41) is 2.52. The van der Waals surface area contributed by atoms with Crippen LogP contribution in [0.1, 0.15) is 42.1 Å². The molecule has 0 radical (unpaired) electrons. The number of benzene rings is 5. The summed E-state index contributed by atoms with van der Waals surface area (Å²) in [5.74, 6) is 0.304. The van der Waals surface area contributed by atoms with Crippen LogP contribution in [0, 0.1) is 0 Å². The van der Waals surface area contributed by atoms with Crippen molar-refractivity contribution in [1.29, 1.82) is 0 Å². The predicted molar refractivity (Wildman–Crippen MR) is 234 cm³/mol. The molecular formula is C51H39N5. The first-order valence-corrected chi connectivity index (χ1v) is 19.7. The van der Waals surface area contributed by atoms with Gasteiger partial charge in [-0.25, -0.2) is 4.98 Å². The first kappa shape index (κ1) is 32.6. The molecule has 2 atom stereocenters. The van der Waals surface area contributed by atoms with Crippen molar-refractivity contribution >= 4 is 56.8 Å². The SMILES string of the molecule is C1=CC2c3ccccc3N(c3cc(-c4ccc(-c5cc(C6=CCCN=C6)nc(C6=CN=CCC6)c5)cc4)cc(-n4c5ccccc5c5ccccc54)c3)C2C=C1. The summed E-state index contributed by atoms with van der Waals surface area (Å²) < 4.78 is 2.44. The Kier molecular flexibility index (Phi) is 7.83. The van der Waals surface area contributed by atoms with Gasteiger partial charge in [0.1, 0.15) is 0 Å². The molecule has 0 saturated carbocycles. The summed E-state index contributed by atoms with van der Waals surface area (Å²) in [7, 11) is 0. The average Bonchev–Trinajstić information content (AvgIpc) is 3.80. The van der Waals surface area contributed by atoms with Crippen molar-refractivity contribution in [1.82, 2.24) is 9.55 Å². The van der Waals surface area contributed by atoms with Crippen LogP contribution in [0.4, 0.5) is 11.4 Å². The number of aromatic nitrogens is 2. The van der Waals surface area contributed by atoms with Crippen LogP contribution in [0.25, 0.3) is 60.9 Å². The van der Waals surface area contributed by atoms with Gasteiger partial charge in [0.2, 0.25) is 0 Å². The number of fused-ring (bicyclic) bond motifs is 6. The first-order valence-electron chi connectivity index (χ1n) is 19.7. The van der Waals surface area contributed by atoms with Gasteiger partial charge < -0.3 is 9.47 Å². The molecule has 11 rings (SSSR count). The fraction of sp³-hybridized carbons (Fsp3) is 0.118. The fourth-order valence-corrected chi connectivity index (χ4v) is 9.06. The van der Waals surface area contributed by atoms with Gasteiger partial charge in [-0.3, -0.25) is 9.98 Å². The van der Waals surface area contributed by atoms with E-state index in [-0.39, 0.29) is 6.04 Å². The summed E-state index contributed by atoms with van der Waals surface area (Å²) in [6, 6.07) is 47.3. The lowest BCUT2D eigenvalue weighted by Crippen LogP contribution is -2.28. The summed E-state index contributed by atoms with van der Waals surface area (Å²) >= 11 is 0. The highest BCUT2D eigenvalue weighted by Gasteiger charge is 2.37. The number of aliphatic imine (C=N–C) groups is 2. The molecule has 56 heavy (non-hydrogen) atoms. The molecule has 0 fully saturated rings. The largest absolute Gasteiger partial charge is 0.333 e. The highest BCUT2D eigenvalue weighted by molar-refractivity contribution is 6.10. The molecular weight excluding hydrogens is 683 g/mol. The lowest BCUT2D eigenvalue weighted by molar-refractivity contribution is 0.744. The van der Waals surface area contributed by atoms with Crippen LogP contribution in [0.5, 0.6) is 0 Å². The molecule has 5 heterocycles. The zero-order chi connectivity index (χ0) is 37.0. The van der Waals surface area contributed by atoms with Gasteiger partial charge in [0.15, 0.2) is 0 Å². The second-order valence-electron chi connectivity index (χ2n) is 15.0. The van der Waals surface area contributed by atoms with Crippen molar-refractivity contribution in [2.75, 3.05) is 11.4 Å². The molecule has 268 valence electrons. The Bertz CT molecular complexity index is 2830. The Balaban J connectivity index is 1.07. The minimum absolute atomic E-state index is 0.199. The molecule has 0 saturated heterocycles. The quantitative estimate of drug-likeness (QED) is 0.172. The van der Waals surface area contributed by atoms with Gasteiger partial charge >= 0.3 is 0 Å². The van der Waals surface area contributed by atoms with Crippen molar-refractivity contribution in [2.45, 2.75) is 31.2 Å². The smallest absolute Gasteiger partial charge is 0.0727 e. The van der Waals surface area contributed by atoms with E-state index in [2.05, 4.69) is 177 Å². The zero-order valence-electron chi connectivity index (χ0n) is 31.0. The first-order chi connectivity index (χ1) is 27.8. The van der Waals surface area contributed by atoms with Gasteiger partial charge in [-0.2, -0.15) is 0 Å². The number of hydrogen-bond acceptors (Lipinski definition) is 4. The predicted octanol–water partition coefficient (Wildman–Crippen LogP) is 12.3. The van der Waals surface area contributed by atoms with Gasteiger partial charge in [0.25, 0.3) is 0 Å². The van der Waals surface area contributed by atoms with Crippen molar-refractivity contribution in [3.63, 3.8) is 0 Å². The number of dihydropyridines is 1. The number of rotatable bonds is 6. The maximum atomic E-state index is 5.12. The Morgan fingerprint density at radius 3 is 2.05 bits per heavy atom. The molecule has 2 aromatic heterocycles. The number of para-hydroxylation sites is 3. The standard InChI is InChI=1S/C51H39N5/c1-5-17-48-42(13-1)43-14-2-6-18-49(43)55(48)40-27-38(28-41(31-40)56-50-19-7-3-15-44(50)45-16-4-8-20-51(45)56)34-21-23-35(24-22-34)39-29-46(36-11-9-25-52-32-36)54-47(30-39)37-12-10-26-53-33-37/h1-8,11,13-24,26-33,42,48H,9-10,12,25H2. The molecule has 2 unspecified atom stereocenters. The minimum Gasteiger partial charge on any atom is -0.333 e. The number of anilines is 2. The van der Waals surface area contributed by atoms with E-state index in [0.29, 0.717) is 5.92 Å². The molecule has 5 heteroatoms. The third kappa shape index (κ3) is 5.50. The van der Waals surface area contributed by atoms with E-state index < -0.39 is 0 Å². The molecule has 1 aliphatic carbocycles. The van der Waals surface area contributed by atoms with E-state index in [1.807, 2.05) is 18.6 Å². The van der Waals surface area contributed by atoms with Crippen molar-refractivity contribution in [3.8, 4) is 27.9 Å². The van der Waals surface area contributed by atoms with Gasteiger partial charge in [-0.05, 0) is 101 Å². The summed E-state index contributed by atoms with van der Waals surface area (Å²) in [6.45, 7) is 0.830. The van der Waals surface area contributed by atoms with E-state index in [1.54, 1.807) is 0 Å². The lowest BCUT2D eigenvalue weighted by Gasteiger charge is -2.30. The molecule has 0 N–H and O–H groups in total. The van der Waals surface area contributed by atoms with E-state index in [0.717, 1.165) is 59.6 Å². The molecule has 5 nitrogen and oxygen atoms in total. The minimum atomic E-state index is 0.199. The van der Waals surface area contributed by atoms with Crippen molar-refractivity contribution in [2.24, 2.45) is 9.98 Å². The highest BCUT2D eigenvalue weighted by Crippen LogP contribution is 2.49. The molecule has 3 aliphatic heterocycles. The molecule has 0 amide bonds. The van der Waals surface area contributed by atoms with E-state index in [9.17, 15) is 0 Å². The van der Waals surface area contributed by atoms with Crippen LogP contribution in [0.2, 0.25) is 0 Å². The van der Waals surface area contributed by atoms with Crippen LogP contribution < -0.4 is 4.90 Å². The highest BCUT2D eigenvalue weighted by atomic mass is 15.2. The van der Waals surface area contributed by atoms with Crippen LogP contribution in [0.15, 0.2) is 174 Å².